The van der Waals surface area contributed by atoms with Crippen LogP contribution in [-0.4, -0.2) is 42.1 Å². The topological polar surface area (TPSA) is 112 Å². The fraction of sp³-hybridized carbons (Fsp3) is 0.263. The molecule has 0 bridgehead atoms. The van der Waals surface area contributed by atoms with Crippen LogP contribution in [0.15, 0.2) is 35.4 Å². The van der Waals surface area contributed by atoms with Crippen LogP contribution < -0.4 is 25.7 Å². The lowest BCUT2D eigenvalue weighted by Gasteiger charge is -2.12. The summed E-state index contributed by atoms with van der Waals surface area (Å²) in [5.74, 6) is 0.110. The van der Waals surface area contributed by atoms with Gasteiger partial charge in [-0.2, -0.15) is 0 Å². The zero-order chi connectivity index (χ0) is 21.0. The molecule has 2 aromatic heterocycles. The van der Waals surface area contributed by atoms with Crippen LogP contribution in [-0.2, 0) is 16.1 Å². The Morgan fingerprint density at radius 3 is 2.69 bits per heavy atom. The molecule has 9 nitrogen and oxygen atoms in total. The second kappa shape index (κ2) is 8.74. The van der Waals surface area contributed by atoms with Crippen molar-refractivity contribution in [3.8, 4) is 11.5 Å². The Balaban J connectivity index is 1.59. The predicted octanol–water partition coefficient (Wildman–Crippen LogP) is 1.54. The molecular weight excluding hydrogens is 396 g/mol. The van der Waals surface area contributed by atoms with Gasteiger partial charge in [-0.3, -0.25) is 19.0 Å². The van der Waals surface area contributed by atoms with E-state index < -0.39 is 11.8 Å². The molecule has 29 heavy (non-hydrogen) atoms. The first-order chi connectivity index (χ1) is 13.9. The maximum atomic E-state index is 12.4. The fourth-order valence-electron chi connectivity index (χ4n) is 2.68. The minimum atomic E-state index is -0.475. The van der Waals surface area contributed by atoms with Gasteiger partial charge in [0.25, 0.3) is 5.56 Å². The normalized spacial score (nSPS) is 10.6. The summed E-state index contributed by atoms with van der Waals surface area (Å²) in [5.41, 5.74) is 0.160. The van der Waals surface area contributed by atoms with Gasteiger partial charge in [0.05, 0.1) is 38.2 Å². The van der Waals surface area contributed by atoms with Crippen molar-refractivity contribution in [1.29, 1.82) is 0 Å². The third kappa shape index (κ3) is 4.72. The number of aryl methyl sites for hydroxylation is 1. The van der Waals surface area contributed by atoms with Crippen LogP contribution in [0.25, 0.3) is 10.2 Å². The second-order valence-corrected chi connectivity index (χ2v) is 7.38. The first-order valence-corrected chi connectivity index (χ1v) is 9.47. The number of methoxy groups -OCH3 is 2. The highest BCUT2D eigenvalue weighted by atomic mass is 32.1. The monoisotopic (exact) mass is 416 g/mol. The highest BCUT2D eigenvalue weighted by Crippen LogP contribution is 2.28. The highest BCUT2D eigenvalue weighted by Gasteiger charge is 2.13. The Kier molecular flexibility index (Phi) is 6.13. The maximum absolute atomic E-state index is 12.4. The summed E-state index contributed by atoms with van der Waals surface area (Å²) in [4.78, 5) is 42.5. The number of nitrogens with zero attached hydrogens (tertiary/aromatic N) is 2. The summed E-state index contributed by atoms with van der Waals surface area (Å²) in [6.07, 6.45) is 1.34. The lowest BCUT2D eigenvalue weighted by atomic mass is 10.2. The number of amides is 2. The predicted molar refractivity (Wildman–Crippen MR) is 110 cm³/mol. The molecule has 1 aromatic carbocycles. The van der Waals surface area contributed by atoms with Gasteiger partial charge in [-0.15, -0.1) is 11.3 Å². The first kappa shape index (κ1) is 20.3. The number of benzene rings is 1. The lowest BCUT2D eigenvalue weighted by molar-refractivity contribution is -0.124. The number of thiophene rings is 1. The summed E-state index contributed by atoms with van der Waals surface area (Å²) in [5, 5.41) is 5.63. The van der Waals surface area contributed by atoms with E-state index in [1.54, 1.807) is 24.3 Å². The summed E-state index contributed by atoms with van der Waals surface area (Å²) >= 11 is 1.42. The third-order valence-electron chi connectivity index (χ3n) is 4.08. The number of carbonyl (C=O) groups is 2. The van der Waals surface area contributed by atoms with Gasteiger partial charge >= 0.3 is 0 Å². The maximum Gasteiger partial charge on any atom is 0.262 e. The molecule has 0 aliphatic heterocycles. The van der Waals surface area contributed by atoms with Crippen molar-refractivity contribution >= 4 is 39.1 Å². The summed E-state index contributed by atoms with van der Waals surface area (Å²) in [6.45, 7) is 1.41. The number of rotatable bonds is 7. The van der Waals surface area contributed by atoms with Crippen LogP contribution in [0.2, 0.25) is 0 Å². The van der Waals surface area contributed by atoms with Crippen molar-refractivity contribution in [3.63, 3.8) is 0 Å². The minimum Gasteiger partial charge on any atom is -0.497 e. The standard InChI is InChI=1S/C19H20N4O5S/c1-11-6-13-18(29-11)21-10-23(19(13)26)9-17(25)20-8-16(24)22-14-5-4-12(27-2)7-15(14)28-3/h4-7,10H,8-9H2,1-3H3,(H,20,25)(H,22,24). The molecule has 0 saturated heterocycles. The molecule has 0 fully saturated rings. The Bertz CT molecular complexity index is 1120. The van der Waals surface area contributed by atoms with Crippen molar-refractivity contribution < 1.29 is 19.1 Å². The molecule has 0 radical (unpaired) electrons. The zero-order valence-electron chi connectivity index (χ0n) is 16.1. The van der Waals surface area contributed by atoms with Gasteiger partial charge in [0.2, 0.25) is 11.8 Å². The number of hydrogen-bond acceptors (Lipinski definition) is 7. The summed E-state index contributed by atoms with van der Waals surface area (Å²) in [7, 11) is 3.00. The third-order valence-corrected chi connectivity index (χ3v) is 5.04. The largest absolute Gasteiger partial charge is 0.497 e. The van der Waals surface area contributed by atoms with Gasteiger partial charge in [-0.05, 0) is 25.1 Å². The molecule has 0 aliphatic rings. The Hall–Kier alpha value is -3.40. The quantitative estimate of drug-likeness (QED) is 0.604. The lowest BCUT2D eigenvalue weighted by Crippen LogP contribution is -2.37. The highest BCUT2D eigenvalue weighted by molar-refractivity contribution is 7.18. The number of ether oxygens (including phenoxy) is 2. The molecule has 3 rings (SSSR count). The van der Waals surface area contributed by atoms with Crippen molar-refractivity contribution in [2.75, 3.05) is 26.1 Å². The van der Waals surface area contributed by atoms with Crippen molar-refractivity contribution in [2.24, 2.45) is 0 Å². The smallest absolute Gasteiger partial charge is 0.262 e. The molecular formula is C19H20N4O5S. The summed E-state index contributed by atoms with van der Waals surface area (Å²) in [6, 6.07) is 6.70. The molecule has 0 aliphatic carbocycles. The van der Waals surface area contributed by atoms with E-state index in [2.05, 4.69) is 15.6 Å². The van der Waals surface area contributed by atoms with Crippen molar-refractivity contribution in [3.05, 3.63) is 45.8 Å². The number of nitrogens with one attached hydrogen (secondary N) is 2. The van der Waals surface area contributed by atoms with E-state index in [-0.39, 0.29) is 18.6 Å². The summed E-state index contributed by atoms with van der Waals surface area (Å²) < 4.78 is 11.5. The van der Waals surface area contributed by atoms with Gasteiger partial charge in [-0.1, -0.05) is 0 Å². The van der Waals surface area contributed by atoms with Crippen molar-refractivity contribution in [2.45, 2.75) is 13.5 Å². The zero-order valence-corrected chi connectivity index (χ0v) is 17.0. The van der Waals surface area contributed by atoms with Gasteiger partial charge in [0, 0.05) is 10.9 Å². The van der Waals surface area contributed by atoms with Crippen LogP contribution in [0.1, 0.15) is 4.88 Å². The minimum absolute atomic E-state index is 0.226. The van der Waals surface area contributed by atoms with Gasteiger partial charge < -0.3 is 20.1 Å². The number of aromatic nitrogens is 2. The molecule has 3 aromatic rings. The molecule has 2 N–H and O–H groups in total. The number of hydrogen-bond donors (Lipinski definition) is 2. The fourth-order valence-corrected chi connectivity index (χ4v) is 3.52. The molecule has 0 saturated carbocycles. The molecule has 10 heteroatoms. The van der Waals surface area contributed by atoms with Gasteiger partial charge in [0.1, 0.15) is 22.9 Å². The van der Waals surface area contributed by atoms with E-state index in [4.69, 9.17) is 9.47 Å². The van der Waals surface area contributed by atoms with Gasteiger partial charge in [-0.25, -0.2) is 4.98 Å². The van der Waals surface area contributed by atoms with E-state index in [1.165, 1.54) is 36.5 Å². The van der Waals surface area contributed by atoms with Crippen LogP contribution >= 0.6 is 11.3 Å². The Morgan fingerprint density at radius 2 is 1.97 bits per heavy atom. The van der Waals surface area contributed by atoms with Gasteiger partial charge in [0.15, 0.2) is 0 Å². The Morgan fingerprint density at radius 1 is 1.17 bits per heavy atom. The van der Waals surface area contributed by atoms with Crippen molar-refractivity contribution in [1.82, 2.24) is 14.9 Å². The molecule has 2 heterocycles. The molecule has 152 valence electrons. The molecule has 0 atom stereocenters. The molecule has 0 unspecified atom stereocenters. The second-order valence-electron chi connectivity index (χ2n) is 6.14. The van der Waals surface area contributed by atoms with E-state index >= 15 is 0 Å². The SMILES string of the molecule is COc1ccc(NC(=O)CNC(=O)Cn2cnc3sc(C)cc3c2=O)c(OC)c1. The average molecular weight is 416 g/mol. The molecule has 0 spiro atoms. The van der Waals surface area contributed by atoms with E-state index in [1.807, 2.05) is 6.92 Å². The van der Waals surface area contributed by atoms with E-state index in [0.29, 0.717) is 27.4 Å². The number of anilines is 1. The van der Waals surface area contributed by atoms with Crippen LogP contribution in [0, 0.1) is 6.92 Å². The first-order valence-electron chi connectivity index (χ1n) is 8.65. The number of carbonyl (C=O) groups excluding carboxylic acids is 2. The number of fused-ring (bicyclic) bond motifs is 1. The van der Waals surface area contributed by atoms with E-state index in [0.717, 1.165) is 4.88 Å². The van der Waals surface area contributed by atoms with Crippen LogP contribution in [0.4, 0.5) is 5.69 Å². The van der Waals surface area contributed by atoms with Crippen LogP contribution in [0.3, 0.4) is 0 Å². The van der Waals surface area contributed by atoms with Crippen LogP contribution in [0.5, 0.6) is 11.5 Å². The average Bonchev–Trinajstić information content (AvgIpc) is 3.10. The van der Waals surface area contributed by atoms with E-state index in [9.17, 15) is 14.4 Å². The Labute approximate surface area is 170 Å². The molecule has 2 amide bonds.